The van der Waals surface area contributed by atoms with Crippen molar-refractivity contribution in [2.45, 2.75) is 6.29 Å². The van der Waals surface area contributed by atoms with Crippen LogP contribution in [-0.4, -0.2) is 24.8 Å². The number of fused-ring (bicyclic) bond motifs is 1. The number of alkyl halides is 2. The monoisotopic (exact) mass is 325 g/mol. The SMILES string of the molecule is O=C(COC(=O)c1ccco1)Nc1ccc2c(c1)OC(F)(F)O2. The van der Waals surface area contributed by atoms with Crippen molar-refractivity contribution in [2.24, 2.45) is 0 Å². The summed E-state index contributed by atoms with van der Waals surface area (Å²) in [5.41, 5.74) is 0.184. The minimum absolute atomic E-state index is 0.0388. The number of carbonyl (C=O) groups is 2. The number of amides is 1. The van der Waals surface area contributed by atoms with Crippen molar-refractivity contribution < 1.29 is 37.0 Å². The molecule has 23 heavy (non-hydrogen) atoms. The van der Waals surface area contributed by atoms with E-state index in [2.05, 4.69) is 14.8 Å². The van der Waals surface area contributed by atoms with E-state index in [1.165, 1.54) is 36.6 Å². The molecule has 3 rings (SSSR count). The van der Waals surface area contributed by atoms with Crippen LogP contribution in [-0.2, 0) is 9.53 Å². The first-order valence-corrected chi connectivity index (χ1v) is 6.33. The Morgan fingerprint density at radius 1 is 1.17 bits per heavy atom. The van der Waals surface area contributed by atoms with Gasteiger partial charge in [0.05, 0.1) is 6.26 Å². The Labute approximate surface area is 127 Å². The van der Waals surface area contributed by atoms with Gasteiger partial charge in [-0.3, -0.25) is 4.79 Å². The first kappa shape index (κ1) is 14.8. The van der Waals surface area contributed by atoms with Crippen LogP contribution in [0.15, 0.2) is 41.0 Å². The van der Waals surface area contributed by atoms with Gasteiger partial charge in [0.25, 0.3) is 5.91 Å². The molecule has 0 radical (unpaired) electrons. The van der Waals surface area contributed by atoms with E-state index < -0.39 is 24.8 Å². The van der Waals surface area contributed by atoms with Crippen molar-refractivity contribution in [3.63, 3.8) is 0 Å². The summed E-state index contributed by atoms with van der Waals surface area (Å²) in [5.74, 6) is -1.84. The minimum Gasteiger partial charge on any atom is -0.457 e. The predicted molar refractivity (Wildman–Crippen MR) is 70.3 cm³/mol. The first-order chi connectivity index (χ1) is 10.9. The standard InChI is InChI=1S/C14H9F2NO6/c15-14(16)22-9-4-3-8(6-11(9)23-14)17-12(18)7-21-13(19)10-2-1-5-20-10/h1-6H,7H2,(H,17,18). The van der Waals surface area contributed by atoms with Crippen LogP contribution in [0, 0.1) is 0 Å². The first-order valence-electron chi connectivity index (χ1n) is 6.33. The Bertz CT molecular complexity index is 744. The van der Waals surface area contributed by atoms with Gasteiger partial charge in [-0.05, 0) is 24.3 Å². The lowest BCUT2D eigenvalue weighted by Crippen LogP contribution is -2.25. The molecule has 0 unspecified atom stereocenters. The molecule has 1 aromatic carbocycles. The Balaban J connectivity index is 1.56. The molecule has 0 bridgehead atoms. The van der Waals surface area contributed by atoms with Crippen LogP contribution >= 0.6 is 0 Å². The Morgan fingerprint density at radius 3 is 2.70 bits per heavy atom. The van der Waals surface area contributed by atoms with E-state index in [9.17, 15) is 18.4 Å². The maximum atomic E-state index is 12.9. The topological polar surface area (TPSA) is 87.0 Å². The summed E-state index contributed by atoms with van der Waals surface area (Å²) in [7, 11) is 0. The van der Waals surface area contributed by atoms with Gasteiger partial charge in [-0.1, -0.05) is 0 Å². The lowest BCUT2D eigenvalue weighted by atomic mass is 10.3. The highest BCUT2D eigenvalue weighted by atomic mass is 19.3. The molecule has 0 saturated heterocycles. The summed E-state index contributed by atoms with van der Waals surface area (Å²) in [5, 5.41) is 2.37. The average Bonchev–Trinajstić information content (AvgIpc) is 3.10. The van der Waals surface area contributed by atoms with E-state index in [4.69, 9.17) is 9.15 Å². The van der Waals surface area contributed by atoms with Gasteiger partial charge in [0, 0.05) is 11.8 Å². The van der Waals surface area contributed by atoms with E-state index in [1.54, 1.807) is 0 Å². The Morgan fingerprint density at radius 2 is 1.96 bits per heavy atom. The molecule has 0 fully saturated rings. The molecule has 1 amide bonds. The van der Waals surface area contributed by atoms with Crippen molar-refractivity contribution in [1.29, 1.82) is 0 Å². The number of rotatable bonds is 4. The van der Waals surface area contributed by atoms with Crippen LogP contribution in [0.3, 0.4) is 0 Å². The summed E-state index contributed by atoms with van der Waals surface area (Å²) in [6.45, 7) is -0.565. The molecule has 2 heterocycles. The molecule has 1 aliphatic rings. The predicted octanol–water partition coefficient (Wildman–Crippen LogP) is 2.40. The zero-order valence-corrected chi connectivity index (χ0v) is 11.4. The average molecular weight is 325 g/mol. The molecular formula is C14H9F2NO6. The van der Waals surface area contributed by atoms with E-state index in [-0.39, 0.29) is 22.9 Å². The second-order valence-corrected chi connectivity index (χ2v) is 4.43. The highest BCUT2D eigenvalue weighted by molar-refractivity contribution is 5.94. The fraction of sp³-hybridized carbons (Fsp3) is 0.143. The number of carbonyl (C=O) groups excluding carboxylic acids is 2. The summed E-state index contributed by atoms with van der Waals surface area (Å²) < 4.78 is 43.8. The number of hydrogen-bond donors (Lipinski definition) is 1. The van der Waals surface area contributed by atoms with E-state index in [1.807, 2.05) is 0 Å². The fourth-order valence-electron chi connectivity index (χ4n) is 1.82. The molecule has 0 aliphatic carbocycles. The highest BCUT2D eigenvalue weighted by Crippen LogP contribution is 2.42. The molecule has 1 aromatic heterocycles. The Kier molecular flexibility index (Phi) is 3.61. The third-order valence-electron chi connectivity index (χ3n) is 2.74. The third kappa shape index (κ3) is 3.39. The van der Waals surface area contributed by atoms with Crippen molar-refractivity contribution >= 4 is 17.6 Å². The number of ether oxygens (including phenoxy) is 3. The smallest absolute Gasteiger partial charge is 0.457 e. The van der Waals surface area contributed by atoms with Crippen LogP contribution < -0.4 is 14.8 Å². The van der Waals surface area contributed by atoms with Crippen molar-refractivity contribution in [3.05, 3.63) is 42.4 Å². The number of furan rings is 1. The summed E-state index contributed by atoms with van der Waals surface area (Å²) in [4.78, 5) is 23.1. The van der Waals surface area contributed by atoms with Gasteiger partial charge < -0.3 is 23.9 Å². The van der Waals surface area contributed by atoms with Gasteiger partial charge in [0.1, 0.15) is 0 Å². The second kappa shape index (κ2) is 5.59. The van der Waals surface area contributed by atoms with Crippen LogP contribution in [0.5, 0.6) is 11.5 Å². The zero-order valence-electron chi connectivity index (χ0n) is 11.4. The number of nitrogens with one attached hydrogen (secondary N) is 1. The molecule has 1 N–H and O–H groups in total. The minimum atomic E-state index is -3.73. The molecule has 7 nitrogen and oxygen atoms in total. The molecule has 0 saturated carbocycles. The molecule has 1 aliphatic heterocycles. The fourth-order valence-corrected chi connectivity index (χ4v) is 1.82. The molecule has 2 aromatic rings. The van der Waals surface area contributed by atoms with Crippen LogP contribution in [0.2, 0.25) is 0 Å². The highest BCUT2D eigenvalue weighted by Gasteiger charge is 2.43. The number of esters is 1. The van der Waals surface area contributed by atoms with Gasteiger partial charge in [0.15, 0.2) is 18.1 Å². The number of benzene rings is 1. The van der Waals surface area contributed by atoms with Crippen molar-refractivity contribution in [1.82, 2.24) is 0 Å². The molecule has 120 valence electrons. The summed E-state index contributed by atoms with van der Waals surface area (Å²) >= 11 is 0. The van der Waals surface area contributed by atoms with Gasteiger partial charge in [-0.2, -0.15) is 0 Å². The summed E-state index contributed by atoms with van der Waals surface area (Å²) in [6.07, 6.45) is -2.44. The van der Waals surface area contributed by atoms with Crippen molar-refractivity contribution in [2.75, 3.05) is 11.9 Å². The van der Waals surface area contributed by atoms with E-state index >= 15 is 0 Å². The molecule has 0 spiro atoms. The molecule has 0 atom stereocenters. The van der Waals surface area contributed by atoms with Crippen molar-refractivity contribution in [3.8, 4) is 11.5 Å². The van der Waals surface area contributed by atoms with Gasteiger partial charge >= 0.3 is 12.3 Å². The summed E-state index contributed by atoms with van der Waals surface area (Å²) in [6, 6.07) is 6.62. The number of anilines is 1. The largest absolute Gasteiger partial charge is 0.586 e. The van der Waals surface area contributed by atoms with Gasteiger partial charge in [-0.25, -0.2) is 4.79 Å². The normalized spacial score (nSPS) is 14.3. The van der Waals surface area contributed by atoms with Gasteiger partial charge in [0.2, 0.25) is 5.76 Å². The third-order valence-corrected chi connectivity index (χ3v) is 2.74. The molecule has 9 heteroatoms. The maximum Gasteiger partial charge on any atom is 0.586 e. The number of hydrogen-bond acceptors (Lipinski definition) is 6. The maximum absolute atomic E-state index is 12.9. The Hall–Kier alpha value is -3.10. The van der Waals surface area contributed by atoms with Crippen LogP contribution in [0.25, 0.3) is 0 Å². The van der Waals surface area contributed by atoms with Crippen LogP contribution in [0.1, 0.15) is 10.6 Å². The second-order valence-electron chi connectivity index (χ2n) is 4.43. The lowest BCUT2D eigenvalue weighted by Gasteiger charge is -2.06. The quantitative estimate of drug-likeness (QED) is 0.869. The molecular weight excluding hydrogens is 316 g/mol. The van der Waals surface area contributed by atoms with Crippen LogP contribution in [0.4, 0.5) is 14.5 Å². The lowest BCUT2D eigenvalue weighted by molar-refractivity contribution is -0.286. The van der Waals surface area contributed by atoms with E-state index in [0.29, 0.717) is 0 Å². The zero-order chi connectivity index (χ0) is 16.4. The number of halogens is 2. The van der Waals surface area contributed by atoms with E-state index in [0.717, 1.165) is 0 Å². The van der Waals surface area contributed by atoms with Gasteiger partial charge in [-0.15, -0.1) is 8.78 Å².